The molecular formula is C19H34IN5O. The maximum absolute atomic E-state index is 11.4. The van der Waals surface area contributed by atoms with Crippen molar-refractivity contribution in [1.29, 1.82) is 0 Å². The van der Waals surface area contributed by atoms with E-state index < -0.39 is 0 Å². The molecule has 2 fully saturated rings. The Kier molecular flexibility index (Phi) is 8.66. The zero-order valence-corrected chi connectivity index (χ0v) is 18.5. The smallest absolute Gasteiger partial charge is 0.219 e. The molecule has 6 nitrogen and oxygen atoms in total. The molecule has 0 spiro atoms. The van der Waals surface area contributed by atoms with Gasteiger partial charge in [0.2, 0.25) is 5.91 Å². The van der Waals surface area contributed by atoms with Crippen LogP contribution in [0.4, 0.5) is 0 Å². The molecule has 0 bridgehead atoms. The number of hydrogen-bond donors (Lipinski definition) is 1. The number of rotatable bonds is 4. The Labute approximate surface area is 175 Å². The highest BCUT2D eigenvalue weighted by Crippen LogP contribution is 2.20. The number of amides is 1. The predicted molar refractivity (Wildman–Crippen MR) is 117 cm³/mol. The number of hydrogen-bond acceptors (Lipinski definition) is 3. The summed E-state index contributed by atoms with van der Waals surface area (Å²) in [6.07, 6.45) is 7.92. The number of nitrogens with one attached hydrogen (secondary N) is 1. The van der Waals surface area contributed by atoms with Crippen LogP contribution in [0, 0.1) is 5.92 Å². The Morgan fingerprint density at radius 1 is 1.12 bits per heavy atom. The fourth-order valence-electron chi connectivity index (χ4n) is 4.10. The molecule has 148 valence electrons. The Morgan fingerprint density at radius 2 is 1.77 bits per heavy atom. The first-order valence-corrected chi connectivity index (χ1v) is 9.85. The van der Waals surface area contributed by atoms with E-state index in [0.29, 0.717) is 12.0 Å². The standard InChI is InChI=1S/C19H33N5O.HI/c1-3-20-19(21-14-17-6-11-22(12-7-17)16(2)25)24-13-8-18(15-24)23-9-4-5-10-23;/h4-5,17-18H,3,6-15H2,1-2H3,(H,20,21);1H. The Balaban J connectivity index is 0.00000243. The van der Waals surface area contributed by atoms with Crippen LogP contribution >= 0.6 is 24.0 Å². The fourth-order valence-corrected chi connectivity index (χ4v) is 4.10. The van der Waals surface area contributed by atoms with E-state index in [4.69, 9.17) is 4.99 Å². The van der Waals surface area contributed by atoms with Crippen LogP contribution in [0.1, 0.15) is 33.1 Å². The molecule has 7 heteroatoms. The van der Waals surface area contributed by atoms with Gasteiger partial charge in [-0.05, 0) is 32.1 Å². The molecule has 1 amide bonds. The first-order valence-electron chi connectivity index (χ1n) is 9.85. The predicted octanol–water partition coefficient (Wildman–Crippen LogP) is 1.77. The van der Waals surface area contributed by atoms with Gasteiger partial charge in [0.1, 0.15) is 0 Å². The number of aliphatic imine (C=N–C) groups is 1. The summed E-state index contributed by atoms with van der Waals surface area (Å²) in [5.41, 5.74) is 0. The third-order valence-corrected chi connectivity index (χ3v) is 5.72. The molecule has 2 saturated heterocycles. The fraction of sp³-hybridized carbons (Fsp3) is 0.789. The molecule has 26 heavy (non-hydrogen) atoms. The Bertz CT molecular complexity index is 508. The molecule has 1 atom stereocenters. The number of likely N-dealkylation sites (tertiary alicyclic amines) is 2. The summed E-state index contributed by atoms with van der Waals surface area (Å²) < 4.78 is 0. The summed E-state index contributed by atoms with van der Waals surface area (Å²) in [6, 6.07) is 0.651. The van der Waals surface area contributed by atoms with Gasteiger partial charge in [0.15, 0.2) is 5.96 Å². The third kappa shape index (κ3) is 5.58. The van der Waals surface area contributed by atoms with E-state index in [1.807, 2.05) is 4.90 Å². The molecule has 0 saturated carbocycles. The monoisotopic (exact) mass is 475 g/mol. The Hall–Kier alpha value is -0.830. The molecule has 0 radical (unpaired) electrons. The zero-order chi connectivity index (χ0) is 17.6. The van der Waals surface area contributed by atoms with E-state index in [9.17, 15) is 4.79 Å². The summed E-state index contributed by atoms with van der Waals surface area (Å²) >= 11 is 0. The number of nitrogens with zero attached hydrogens (tertiary/aromatic N) is 4. The summed E-state index contributed by atoms with van der Waals surface area (Å²) in [5, 5.41) is 3.48. The number of carbonyl (C=O) groups excluding carboxylic acids is 1. The second-order valence-electron chi connectivity index (χ2n) is 7.46. The van der Waals surface area contributed by atoms with Gasteiger partial charge in [-0.25, -0.2) is 0 Å². The van der Waals surface area contributed by atoms with Crippen molar-refractivity contribution >= 4 is 35.8 Å². The van der Waals surface area contributed by atoms with Crippen molar-refractivity contribution in [3.63, 3.8) is 0 Å². The van der Waals surface area contributed by atoms with Gasteiger partial charge < -0.3 is 15.1 Å². The first-order chi connectivity index (χ1) is 12.2. The van der Waals surface area contributed by atoms with Crippen molar-refractivity contribution in [3.8, 4) is 0 Å². The number of piperidine rings is 1. The quantitative estimate of drug-likeness (QED) is 0.292. The van der Waals surface area contributed by atoms with Crippen LogP contribution in [0.25, 0.3) is 0 Å². The lowest BCUT2D eigenvalue weighted by atomic mass is 9.97. The zero-order valence-electron chi connectivity index (χ0n) is 16.2. The van der Waals surface area contributed by atoms with Gasteiger partial charge in [-0.2, -0.15) is 0 Å². The minimum atomic E-state index is 0. The average Bonchev–Trinajstić information content (AvgIpc) is 3.30. The number of halogens is 1. The normalized spacial score (nSPS) is 24.8. The van der Waals surface area contributed by atoms with E-state index in [1.165, 1.54) is 6.42 Å². The SMILES string of the molecule is CCNC(=NCC1CCN(C(C)=O)CC1)N1CCC(N2CC=CC2)C1.I. The number of guanidine groups is 1. The molecule has 1 N–H and O–H groups in total. The van der Waals surface area contributed by atoms with Gasteiger partial charge >= 0.3 is 0 Å². The van der Waals surface area contributed by atoms with E-state index >= 15 is 0 Å². The minimum Gasteiger partial charge on any atom is -0.357 e. The Morgan fingerprint density at radius 3 is 2.38 bits per heavy atom. The van der Waals surface area contributed by atoms with Crippen LogP contribution in [0.3, 0.4) is 0 Å². The molecule has 0 aromatic carbocycles. The molecule has 3 aliphatic rings. The van der Waals surface area contributed by atoms with Crippen LogP contribution in [-0.4, -0.2) is 85.0 Å². The lowest BCUT2D eigenvalue weighted by Gasteiger charge is -2.31. The van der Waals surface area contributed by atoms with E-state index in [-0.39, 0.29) is 29.9 Å². The second kappa shape index (κ2) is 10.5. The average molecular weight is 475 g/mol. The maximum Gasteiger partial charge on any atom is 0.219 e. The second-order valence-corrected chi connectivity index (χ2v) is 7.46. The highest BCUT2D eigenvalue weighted by Gasteiger charge is 2.29. The summed E-state index contributed by atoms with van der Waals surface area (Å²) in [7, 11) is 0. The van der Waals surface area contributed by atoms with Gasteiger partial charge in [0.05, 0.1) is 0 Å². The topological polar surface area (TPSA) is 51.2 Å². The molecular weight excluding hydrogens is 441 g/mol. The molecule has 3 rings (SSSR count). The third-order valence-electron chi connectivity index (χ3n) is 5.72. The molecule has 0 aromatic rings. The van der Waals surface area contributed by atoms with Crippen molar-refractivity contribution in [2.24, 2.45) is 10.9 Å². The van der Waals surface area contributed by atoms with Crippen LogP contribution < -0.4 is 5.32 Å². The van der Waals surface area contributed by atoms with Gasteiger partial charge in [0, 0.05) is 65.3 Å². The van der Waals surface area contributed by atoms with Crippen LogP contribution in [0.5, 0.6) is 0 Å². The lowest BCUT2D eigenvalue weighted by molar-refractivity contribution is -0.130. The van der Waals surface area contributed by atoms with Gasteiger partial charge in [-0.3, -0.25) is 14.7 Å². The molecule has 3 heterocycles. The van der Waals surface area contributed by atoms with Crippen molar-refractivity contribution < 1.29 is 4.79 Å². The van der Waals surface area contributed by atoms with E-state index in [2.05, 4.69) is 34.2 Å². The van der Waals surface area contributed by atoms with Gasteiger partial charge in [-0.15, -0.1) is 24.0 Å². The van der Waals surface area contributed by atoms with E-state index in [0.717, 1.165) is 71.2 Å². The number of carbonyl (C=O) groups is 1. The lowest BCUT2D eigenvalue weighted by Crippen LogP contribution is -2.43. The highest BCUT2D eigenvalue weighted by molar-refractivity contribution is 14.0. The van der Waals surface area contributed by atoms with Crippen molar-refractivity contribution in [2.45, 2.75) is 39.2 Å². The van der Waals surface area contributed by atoms with Gasteiger partial charge in [0.25, 0.3) is 0 Å². The molecule has 0 aromatic heterocycles. The van der Waals surface area contributed by atoms with Crippen LogP contribution in [-0.2, 0) is 4.79 Å². The molecule has 3 aliphatic heterocycles. The van der Waals surface area contributed by atoms with E-state index in [1.54, 1.807) is 6.92 Å². The largest absolute Gasteiger partial charge is 0.357 e. The van der Waals surface area contributed by atoms with Crippen molar-refractivity contribution in [3.05, 3.63) is 12.2 Å². The van der Waals surface area contributed by atoms with Crippen LogP contribution in [0.2, 0.25) is 0 Å². The summed E-state index contributed by atoms with van der Waals surface area (Å²) in [4.78, 5) is 23.3. The first kappa shape index (κ1) is 21.5. The van der Waals surface area contributed by atoms with Crippen molar-refractivity contribution in [1.82, 2.24) is 20.0 Å². The molecule has 1 unspecified atom stereocenters. The highest BCUT2D eigenvalue weighted by atomic mass is 127. The van der Waals surface area contributed by atoms with Crippen molar-refractivity contribution in [2.75, 3.05) is 52.4 Å². The van der Waals surface area contributed by atoms with Crippen LogP contribution in [0.15, 0.2) is 17.1 Å². The summed E-state index contributed by atoms with van der Waals surface area (Å²) in [6.45, 7) is 11.7. The molecule has 0 aliphatic carbocycles. The summed E-state index contributed by atoms with van der Waals surface area (Å²) in [5.74, 6) is 1.88. The minimum absolute atomic E-state index is 0. The maximum atomic E-state index is 11.4. The van der Waals surface area contributed by atoms with Gasteiger partial charge in [-0.1, -0.05) is 12.2 Å².